The average molecular weight is 404 g/mol. The molecule has 2 aromatic rings. The van der Waals surface area contributed by atoms with Crippen LogP contribution in [-0.2, 0) is 15.8 Å². The first-order chi connectivity index (χ1) is 12.2. The minimum absolute atomic E-state index is 0.235. The van der Waals surface area contributed by atoms with E-state index in [9.17, 15) is 22.8 Å². The average Bonchev–Trinajstić information content (AvgIpc) is 2.55. The second-order valence-corrected chi connectivity index (χ2v) is 5.74. The van der Waals surface area contributed by atoms with Crippen LogP contribution in [0, 0.1) is 0 Å². The molecule has 0 aromatic heterocycles. The SMILES string of the molecule is O=C(N/N=C\c1cccc(Cl)c1)C(=O)Nc1ccc(Cl)c(C(F)(F)F)c1. The highest BCUT2D eigenvalue weighted by Crippen LogP contribution is 2.36. The number of carbonyl (C=O) groups is 2. The molecule has 0 saturated carbocycles. The van der Waals surface area contributed by atoms with Gasteiger partial charge in [0.15, 0.2) is 0 Å². The molecule has 0 fully saturated rings. The lowest BCUT2D eigenvalue weighted by atomic mass is 10.2. The van der Waals surface area contributed by atoms with Crippen molar-refractivity contribution < 1.29 is 22.8 Å². The molecule has 0 unspecified atom stereocenters. The molecular weight excluding hydrogens is 394 g/mol. The van der Waals surface area contributed by atoms with Crippen LogP contribution in [0.2, 0.25) is 10.0 Å². The van der Waals surface area contributed by atoms with Crippen molar-refractivity contribution in [2.45, 2.75) is 6.18 Å². The number of carbonyl (C=O) groups excluding carboxylic acids is 2. The van der Waals surface area contributed by atoms with Crippen LogP contribution in [0.1, 0.15) is 11.1 Å². The third-order valence-corrected chi connectivity index (χ3v) is 3.53. The van der Waals surface area contributed by atoms with E-state index in [2.05, 4.69) is 5.10 Å². The van der Waals surface area contributed by atoms with E-state index < -0.39 is 28.6 Å². The van der Waals surface area contributed by atoms with Gasteiger partial charge < -0.3 is 5.32 Å². The fourth-order valence-corrected chi connectivity index (χ4v) is 2.23. The molecule has 2 N–H and O–H groups in total. The van der Waals surface area contributed by atoms with E-state index in [-0.39, 0.29) is 5.69 Å². The predicted molar refractivity (Wildman–Crippen MR) is 92.3 cm³/mol. The molecule has 2 rings (SSSR count). The number of rotatable bonds is 3. The van der Waals surface area contributed by atoms with Gasteiger partial charge in [-0.15, -0.1) is 0 Å². The van der Waals surface area contributed by atoms with Crippen LogP contribution in [0.15, 0.2) is 47.6 Å². The molecule has 0 aliphatic carbocycles. The summed E-state index contributed by atoms with van der Waals surface area (Å²) in [6.45, 7) is 0. The van der Waals surface area contributed by atoms with Crippen LogP contribution >= 0.6 is 23.2 Å². The van der Waals surface area contributed by atoms with Crippen LogP contribution in [0.4, 0.5) is 18.9 Å². The molecule has 26 heavy (non-hydrogen) atoms. The van der Waals surface area contributed by atoms with E-state index in [1.807, 2.05) is 10.7 Å². The molecule has 0 aliphatic heterocycles. The Bertz CT molecular complexity index is 870. The molecule has 0 aliphatic rings. The van der Waals surface area contributed by atoms with Gasteiger partial charge in [-0.05, 0) is 35.9 Å². The number of nitrogens with one attached hydrogen (secondary N) is 2. The number of halogens is 5. The molecule has 2 amide bonds. The molecule has 0 bridgehead atoms. The van der Waals surface area contributed by atoms with Crippen molar-refractivity contribution in [2.24, 2.45) is 5.10 Å². The van der Waals surface area contributed by atoms with Crippen molar-refractivity contribution in [1.29, 1.82) is 0 Å². The Morgan fingerprint density at radius 3 is 2.42 bits per heavy atom. The molecule has 10 heteroatoms. The lowest BCUT2D eigenvalue weighted by Crippen LogP contribution is -2.32. The number of benzene rings is 2. The van der Waals surface area contributed by atoms with Gasteiger partial charge in [0.25, 0.3) is 0 Å². The lowest BCUT2D eigenvalue weighted by Gasteiger charge is -2.11. The van der Waals surface area contributed by atoms with Crippen molar-refractivity contribution in [3.8, 4) is 0 Å². The Hall–Kier alpha value is -2.58. The van der Waals surface area contributed by atoms with E-state index in [4.69, 9.17) is 23.2 Å². The Kier molecular flexibility index (Phi) is 6.23. The Balaban J connectivity index is 2.00. The van der Waals surface area contributed by atoms with Gasteiger partial charge in [-0.2, -0.15) is 18.3 Å². The van der Waals surface area contributed by atoms with Gasteiger partial charge in [0, 0.05) is 10.7 Å². The first kappa shape index (κ1) is 19.7. The summed E-state index contributed by atoms with van der Waals surface area (Å²) in [5.41, 5.74) is 1.16. The normalized spacial score (nSPS) is 11.4. The van der Waals surface area contributed by atoms with Gasteiger partial charge >= 0.3 is 18.0 Å². The van der Waals surface area contributed by atoms with E-state index in [1.54, 1.807) is 24.3 Å². The lowest BCUT2D eigenvalue weighted by molar-refractivity contribution is -0.137. The van der Waals surface area contributed by atoms with Gasteiger partial charge in [0.05, 0.1) is 16.8 Å². The van der Waals surface area contributed by atoms with Crippen LogP contribution < -0.4 is 10.7 Å². The highest BCUT2D eigenvalue weighted by molar-refractivity contribution is 6.39. The molecule has 0 spiro atoms. The van der Waals surface area contributed by atoms with Crippen LogP contribution in [-0.4, -0.2) is 18.0 Å². The first-order valence-electron chi connectivity index (χ1n) is 6.93. The summed E-state index contributed by atoms with van der Waals surface area (Å²) < 4.78 is 38.3. The van der Waals surface area contributed by atoms with E-state index in [0.717, 1.165) is 12.1 Å². The summed E-state index contributed by atoms with van der Waals surface area (Å²) in [5.74, 6) is -2.35. The van der Waals surface area contributed by atoms with Gasteiger partial charge in [-0.25, -0.2) is 5.43 Å². The third-order valence-electron chi connectivity index (χ3n) is 2.96. The molecule has 136 valence electrons. The number of hydrogen-bond donors (Lipinski definition) is 2. The third kappa shape index (κ3) is 5.47. The zero-order chi connectivity index (χ0) is 19.3. The van der Waals surface area contributed by atoms with Crippen molar-refractivity contribution in [3.63, 3.8) is 0 Å². The van der Waals surface area contributed by atoms with E-state index >= 15 is 0 Å². The summed E-state index contributed by atoms with van der Waals surface area (Å²) >= 11 is 11.3. The summed E-state index contributed by atoms with van der Waals surface area (Å²) in [4.78, 5) is 23.4. The molecule has 0 radical (unpaired) electrons. The van der Waals surface area contributed by atoms with E-state index in [0.29, 0.717) is 16.7 Å². The summed E-state index contributed by atoms with van der Waals surface area (Å²) in [6, 6.07) is 9.27. The zero-order valence-corrected chi connectivity index (χ0v) is 14.3. The van der Waals surface area contributed by atoms with Crippen LogP contribution in [0.25, 0.3) is 0 Å². The largest absolute Gasteiger partial charge is 0.417 e. The number of amides is 2. The van der Waals surface area contributed by atoms with E-state index in [1.165, 1.54) is 6.21 Å². The van der Waals surface area contributed by atoms with Gasteiger partial charge in [-0.3, -0.25) is 9.59 Å². The number of hydrazone groups is 1. The van der Waals surface area contributed by atoms with Gasteiger partial charge in [0.2, 0.25) is 0 Å². The van der Waals surface area contributed by atoms with Crippen molar-refractivity contribution >= 4 is 46.9 Å². The van der Waals surface area contributed by atoms with Crippen LogP contribution in [0.3, 0.4) is 0 Å². The molecular formula is C16H10Cl2F3N3O2. The maximum absolute atomic E-state index is 12.8. The quantitative estimate of drug-likeness (QED) is 0.460. The summed E-state index contributed by atoms with van der Waals surface area (Å²) in [6.07, 6.45) is -3.44. The second-order valence-electron chi connectivity index (χ2n) is 4.90. The van der Waals surface area contributed by atoms with Crippen molar-refractivity contribution in [1.82, 2.24) is 5.43 Å². The maximum atomic E-state index is 12.8. The predicted octanol–water partition coefficient (Wildman–Crippen LogP) is 4.10. The van der Waals surface area contributed by atoms with Crippen molar-refractivity contribution in [2.75, 3.05) is 5.32 Å². The van der Waals surface area contributed by atoms with Crippen molar-refractivity contribution in [3.05, 3.63) is 63.6 Å². The maximum Gasteiger partial charge on any atom is 0.417 e. The number of anilines is 1. The first-order valence-corrected chi connectivity index (χ1v) is 7.69. The fourth-order valence-electron chi connectivity index (χ4n) is 1.81. The smallest absolute Gasteiger partial charge is 0.318 e. The molecule has 0 heterocycles. The van der Waals surface area contributed by atoms with Gasteiger partial charge in [-0.1, -0.05) is 35.3 Å². The van der Waals surface area contributed by atoms with Crippen LogP contribution in [0.5, 0.6) is 0 Å². The fraction of sp³-hybridized carbons (Fsp3) is 0.0625. The molecule has 2 aromatic carbocycles. The highest BCUT2D eigenvalue weighted by atomic mass is 35.5. The summed E-state index contributed by atoms with van der Waals surface area (Å²) in [7, 11) is 0. The van der Waals surface area contributed by atoms with Gasteiger partial charge in [0.1, 0.15) is 0 Å². The minimum Gasteiger partial charge on any atom is -0.318 e. The second kappa shape index (κ2) is 8.20. The number of alkyl halides is 3. The monoisotopic (exact) mass is 403 g/mol. The molecule has 0 saturated heterocycles. The zero-order valence-electron chi connectivity index (χ0n) is 12.8. The molecule has 0 atom stereocenters. The molecule has 5 nitrogen and oxygen atoms in total. The Morgan fingerprint density at radius 2 is 1.77 bits per heavy atom. The Labute approximate surface area is 155 Å². The minimum atomic E-state index is -4.69. The number of hydrogen-bond acceptors (Lipinski definition) is 3. The Morgan fingerprint density at radius 1 is 1.04 bits per heavy atom. The highest BCUT2D eigenvalue weighted by Gasteiger charge is 2.33. The topological polar surface area (TPSA) is 70.6 Å². The number of nitrogens with zero attached hydrogens (tertiary/aromatic N) is 1. The summed E-state index contributed by atoms with van der Waals surface area (Å²) in [5, 5.41) is 5.54. The standard InChI is InChI=1S/C16H10Cl2F3N3O2/c17-10-3-1-2-9(6-10)8-22-24-15(26)14(25)23-11-4-5-13(18)12(7-11)16(19,20)21/h1-8H,(H,23,25)(H,24,26)/b22-8-.